The average Bonchev–Trinajstić information content (AvgIpc) is 2.60. The summed E-state index contributed by atoms with van der Waals surface area (Å²) < 4.78 is 18.3. The molecule has 3 atom stereocenters. The van der Waals surface area contributed by atoms with Gasteiger partial charge in [0.1, 0.15) is 0 Å². The third kappa shape index (κ3) is 4.12. The van der Waals surface area contributed by atoms with Crippen molar-refractivity contribution in [1.29, 1.82) is 0 Å². The molecule has 2 saturated carbocycles. The molecule has 1 spiro atoms. The van der Waals surface area contributed by atoms with E-state index < -0.39 is 10.8 Å². The van der Waals surface area contributed by atoms with Crippen LogP contribution in [-0.2, 0) is 15.5 Å². The van der Waals surface area contributed by atoms with Crippen molar-refractivity contribution in [2.75, 3.05) is 25.4 Å². The summed E-state index contributed by atoms with van der Waals surface area (Å²) in [6.45, 7) is 6.31. The van der Waals surface area contributed by atoms with Crippen molar-refractivity contribution in [3.05, 3.63) is 30.3 Å². The van der Waals surface area contributed by atoms with E-state index in [1.54, 1.807) is 0 Å². The number of rotatable bonds is 8. The Labute approximate surface area is 159 Å². The molecule has 2 aliphatic rings. The lowest BCUT2D eigenvalue weighted by Gasteiger charge is -2.61. The maximum absolute atomic E-state index is 12.3. The molecule has 144 valence electrons. The fourth-order valence-corrected chi connectivity index (χ4v) is 5.01. The molecule has 5 nitrogen and oxygen atoms in total. The highest BCUT2D eigenvalue weighted by molar-refractivity contribution is 7.85. The second-order valence-electron chi connectivity index (χ2n) is 7.09. The Kier molecular flexibility index (Phi) is 6.70. The molecule has 0 aromatic heterocycles. The Bertz CT molecular complexity index is 631. The SMILES string of the molecule is CCNC(=NCCS(=O)c1ccccc1)NC1CC(OCC)C12CCC2. The van der Waals surface area contributed by atoms with Crippen LogP contribution in [0.1, 0.15) is 39.5 Å². The molecule has 0 amide bonds. The summed E-state index contributed by atoms with van der Waals surface area (Å²) in [4.78, 5) is 5.52. The highest BCUT2D eigenvalue weighted by Crippen LogP contribution is 2.57. The lowest BCUT2D eigenvalue weighted by Crippen LogP contribution is -2.68. The summed E-state index contributed by atoms with van der Waals surface area (Å²) in [5, 5.41) is 6.94. The predicted molar refractivity (Wildman–Crippen MR) is 107 cm³/mol. The van der Waals surface area contributed by atoms with Gasteiger partial charge in [0, 0.05) is 35.3 Å². The van der Waals surface area contributed by atoms with Crippen LogP contribution in [-0.4, -0.2) is 47.8 Å². The van der Waals surface area contributed by atoms with Crippen LogP contribution in [0.15, 0.2) is 40.2 Å². The molecule has 0 heterocycles. The topological polar surface area (TPSA) is 62.7 Å². The molecule has 3 unspecified atom stereocenters. The zero-order valence-corrected chi connectivity index (χ0v) is 16.7. The Morgan fingerprint density at radius 2 is 2.08 bits per heavy atom. The molecule has 2 fully saturated rings. The first-order chi connectivity index (χ1) is 12.7. The van der Waals surface area contributed by atoms with E-state index in [0.717, 1.165) is 30.4 Å². The first kappa shape index (κ1) is 19.4. The van der Waals surface area contributed by atoms with Gasteiger partial charge in [0.05, 0.1) is 23.4 Å². The minimum atomic E-state index is -1.00. The number of nitrogens with one attached hydrogen (secondary N) is 2. The maximum atomic E-state index is 12.3. The van der Waals surface area contributed by atoms with Gasteiger partial charge in [0.15, 0.2) is 5.96 Å². The van der Waals surface area contributed by atoms with Crippen LogP contribution < -0.4 is 10.6 Å². The number of benzene rings is 1. The molecule has 1 aromatic rings. The maximum Gasteiger partial charge on any atom is 0.191 e. The van der Waals surface area contributed by atoms with Crippen molar-refractivity contribution >= 4 is 16.8 Å². The first-order valence-electron chi connectivity index (χ1n) is 9.79. The number of guanidine groups is 1. The molecule has 2 aliphatic carbocycles. The van der Waals surface area contributed by atoms with E-state index in [1.807, 2.05) is 30.3 Å². The third-order valence-corrected chi connectivity index (χ3v) is 7.00. The summed E-state index contributed by atoms with van der Waals surface area (Å²) in [6, 6.07) is 10.0. The molecule has 0 saturated heterocycles. The van der Waals surface area contributed by atoms with Crippen molar-refractivity contribution in [3.63, 3.8) is 0 Å². The lowest BCUT2D eigenvalue weighted by atomic mass is 9.51. The minimum absolute atomic E-state index is 0.305. The molecule has 6 heteroatoms. The van der Waals surface area contributed by atoms with Gasteiger partial charge < -0.3 is 15.4 Å². The van der Waals surface area contributed by atoms with E-state index in [-0.39, 0.29) is 0 Å². The Balaban J connectivity index is 1.54. The summed E-state index contributed by atoms with van der Waals surface area (Å²) in [5.41, 5.74) is 0.305. The Morgan fingerprint density at radius 3 is 2.69 bits per heavy atom. The van der Waals surface area contributed by atoms with E-state index in [9.17, 15) is 4.21 Å². The molecule has 0 radical (unpaired) electrons. The summed E-state index contributed by atoms with van der Waals surface area (Å²) in [7, 11) is -1.00. The molecular formula is C20H31N3O2S. The number of aliphatic imine (C=N–C) groups is 1. The molecule has 0 aliphatic heterocycles. The third-order valence-electron chi connectivity index (χ3n) is 5.65. The van der Waals surface area contributed by atoms with E-state index in [4.69, 9.17) is 4.74 Å². The van der Waals surface area contributed by atoms with Crippen molar-refractivity contribution in [2.45, 2.75) is 56.6 Å². The molecule has 26 heavy (non-hydrogen) atoms. The second-order valence-corrected chi connectivity index (χ2v) is 8.66. The van der Waals surface area contributed by atoms with Crippen molar-refractivity contribution < 1.29 is 8.95 Å². The number of hydrogen-bond donors (Lipinski definition) is 2. The van der Waals surface area contributed by atoms with E-state index in [2.05, 4.69) is 29.5 Å². The van der Waals surface area contributed by atoms with Crippen LogP contribution in [0.25, 0.3) is 0 Å². The van der Waals surface area contributed by atoms with Gasteiger partial charge in [0.25, 0.3) is 0 Å². The largest absolute Gasteiger partial charge is 0.378 e. The molecular weight excluding hydrogens is 346 g/mol. The fraction of sp³-hybridized carbons (Fsp3) is 0.650. The molecule has 3 rings (SSSR count). The van der Waals surface area contributed by atoms with Crippen LogP contribution in [0.5, 0.6) is 0 Å². The smallest absolute Gasteiger partial charge is 0.191 e. The highest BCUT2D eigenvalue weighted by atomic mass is 32.2. The van der Waals surface area contributed by atoms with Gasteiger partial charge in [-0.1, -0.05) is 24.6 Å². The van der Waals surface area contributed by atoms with Gasteiger partial charge in [-0.25, -0.2) is 0 Å². The number of hydrogen-bond acceptors (Lipinski definition) is 3. The Hall–Kier alpha value is -1.40. The number of ether oxygens (including phenoxy) is 1. The van der Waals surface area contributed by atoms with Crippen molar-refractivity contribution in [3.8, 4) is 0 Å². The molecule has 2 N–H and O–H groups in total. The van der Waals surface area contributed by atoms with Gasteiger partial charge in [0.2, 0.25) is 0 Å². The standard InChI is InChI=1S/C20H31N3O2S/c1-3-21-19(22-13-14-26(24)16-9-6-5-7-10-16)23-17-15-18(25-4-2)20(17)11-8-12-20/h5-7,9-10,17-18H,3-4,8,11-15H2,1-2H3,(H2,21,22,23). The molecule has 1 aromatic carbocycles. The summed E-state index contributed by atoms with van der Waals surface area (Å²) >= 11 is 0. The monoisotopic (exact) mass is 377 g/mol. The summed E-state index contributed by atoms with van der Waals surface area (Å²) in [5.74, 6) is 1.38. The van der Waals surface area contributed by atoms with Gasteiger partial charge in [-0.3, -0.25) is 9.20 Å². The normalized spacial score (nSPS) is 25.2. The zero-order valence-electron chi connectivity index (χ0n) is 15.9. The highest BCUT2D eigenvalue weighted by Gasteiger charge is 2.59. The quantitative estimate of drug-likeness (QED) is 0.540. The minimum Gasteiger partial charge on any atom is -0.378 e. The van der Waals surface area contributed by atoms with Crippen LogP contribution in [0.2, 0.25) is 0 Å². The predicted octanol–water partition coefficient (Wildman–Crippen LogP) is 2.70. The van der Waals surface area contributed by atoms with Crippen LogP contribution >= 0.6 is 0 Å². The Morgan fingerprint density at radius 1 is 1.31 bits per heavy atom. The zero-order chi connectivity index (χ0) is 18.4. The fourth-order valence-electron chi connectivity index (χ4n) is 4.06. The second kappa shape index (κ2) is 9.00. The van der Waals surface area contributed by atoms with Crippen LogP contribution in [0, 0.1) is 5.41 Å². The van der Waals surface area contributed by atoms with Gasteiger partial charge in [-0.15, -0.1) is 0 Å². The van der Waals surface area contributed by atoms with Crippen LogP contribution in [0.3, 0.4) is 0 Å². The van der Waals surface area contributed by atoms with Gasteiger partial charge in [-0.05, 0) is 45.2 Å². The van der Waals surface area contributed by atoms with Gasteiger partial charge >= 0.3 is 0 Å². The van der Waals surface area contributed by atoms with E-state index >= 15 is 0 Å². The average molecular weight is 378 g/mol. The van der Waals surface area contributed by atoms with Crippen LogP contribution in [0.4, 0.5) is 0 Å². The lowest BCUT2D eigenvalue weighted by molar-refractivity contribution is -0.168. The van der Waals surface area contributed by atoms with E-state index in [0.29, 0.717) is 29.9 Å². The first-order valence-corrected chi connectivity index (χ1v) is 11.1. The van der Waals surface area contributed by atoms with Crippen molar-refractivity contribution in [1.82, 2.24) is 10.6 Å². The van der Waals surface area contributed by atoms with Gasteiger partial charge in [-0.2, -0.15) is 0 Å². The summed E-state index contributed by atoms with van der Waals surface area (Å²) in [6.07, 6.45) is 5.23. The van der Waals surface area contributed by atoms with Crippen molar-refractivity contribution in [2.24, 2.45) is 10.4 Å². The van der Waals surface area contributed by atoms with E-state index in [1.165, 1.54) is 19.3 Å². The molecule has 0 bridgehead atoms. The number of nitrogens with zero attached hydrogens (tertiary/aromatic N) is 1.